The Hall–Kier alpha value is -0.620. The Kier molecular flexibility index (Phi) is 6.46. The lowest BCUT2D eigenvalue weighted by molar-refractivity contribution is -0.336. The van der Waals surface area contributed by atoms with E-state index in [-0.39, 0.29) is 6.42 Å². The standard InChI is InChI=1S/C21H36O9/c1-10(2)21(28)7-12-19(3,8-13(21)23)6-5-14(20(12,4)27)30-18-17(26)16(25)15(24)11(9-22)29-18/h11-18,22-28H,1,5-9H2,2-4H3/t11-,12-,13-,14+,15-,16+,17-,18+,19-,20+,21-/m1/s1. The second-order valence-corrected chi connectivity index (χ2v) is 9.92. The van der Waals surface area contributed by atoms with Crippen molar-refractivity contribution >= 4 is 0 Å². The first kappa shape index (κ1) is 24.0. The monoisotopic (exact) mass is 432 g/mol. The van der Waals surface area contributed by atoms with Crippen LogP contribution in [0.1, 0.15) is 46.5 Å². The van der Waals surface area contributed by atoms with Crippen molar-refractivity contribution in [1.82, 2.24) is 0 Å². The van der Waals surface area contributed by atoms with E-state index < -0.39 is 72.1 Å². The average Bonchev–Trinajstić information content (AvgIpc) is 2.66. The second-order valence-electron chi connectivity index (χ2n) is 9.92. The summed E-state index contributed by atoms with van der Waals surface area (Å²) in [6.07, 6.45) is -7.49. The second kappa shape index (κ2) is 8.06. The van der Waals surface area contributed by atoms with Crippen molar-refractivity contribution in [2.24, 2.45) is 11.3 Å². The maximum Gasteiger partial charge on any atom is 0.187 e. The molecule has 0 aromatic heterocycles. The van der Waals surface area contributed by atoms with Crippen molar-refractivity contribution in [3.63, 3.8) is 0 Å². The molecule has 0 radical (unpaired) electrons. The van der Waals surface area contributed by atoms with E-state index in [4.69, 9.17) is 9.47 Å². The summed E-state index contributed by atoms with van der Waals surface area (Å²) in [6, 6.07) is 0. The number of hydrogen-bond donors (Lipinski definition) is 7. The zero-order valence-electron chi connectivity index (χ0n) is 17.8. The number of ether oxygens (including phenoxy) is 2. The Labute approximate surface area is 176 Å². The third kappa shape index (κ3) is 3.74. The first-order valence-electron chi connectivity index (χ1n) is 10.5. The molecule has 3 aliphatic rings. The van der Waals surface area contributed by atoms with Gasteiger partial charge in [0, 0.05) is 0 Å². The SMILES string of the molecule is C=C(C)[C@]1(O)C[C@@H]2[C@](C)(CC[C@H](O[C@@H]3O[C@H](CO)[C@@H](O)[C@H](O)[C@H]3O)[C@@]2(C)O)C[C@H]1O. The van der Waals surface area contributed by atoms with Crippen LogP contribution in [0, 0.1) is 11.3 Å². The first-order chi connectivity index (χ1) is 13.8. The van der Waals surface area contributed by atoms with Crippen LogP contribution < -0.4 is 0 Å². The van der Waals surface area contributed by atoms with Gasteiger partial charge in [0.1, 0.15) is 30.0 Å². The Balaban J connectivity index is 1.83. The van der Waals surface area contributed by atoms with Gasteiger partial charge in [-0.05, 0) is 56.4 Å². The average molecular weight is 433 g/mol. The van der Waals surface area contributed by atoms with Crippen LogP contribution in [0.3, 0.4) is 0 Å². The van der Waals surface area contributed by atoms with Gasteiger partial charge < -0.3 is 45.2 Å². The van der Waals surface area contributed by atoms with Crippen LogP contribution >= 0.6 is 0 Å². The van der Waals surface area contributed by atoms with Crippen molar-refractivity contribution in [2.45, 2.75) is 101 Å². The van der Waals surface area contributed by atoms with Gasteiger partial charge in [0.25, 0.3) is 0 Å². The molecule has 2 saturated carbocycles. The summed E-state index contributed by atoms with van der Waals surface area (Å²) in [5.74, 6) is -0.446. The van der Waals surface area contributed by atoms with E-state index in [1.807, 2.05) is 6.92 Å². The Morgan fingerprint density at radius 3 is 2.27 bits per heavy atom. The van der Waals surface area contributed by atoms with Crippen molar-refractivity contribution in [3.05, 3.63) is 12.2 Å². The number of rotatable bonds is 4. The summed E-state index contributed by atoms with van der Waals surface area (Å²) in [5, 5.41) is 72.7. The molecule has 1 aliphatic heterocycles. The van der Waals surface area contributed by atoms with Gasteiger partial charge in [0.05, 0.1) is 24.4 Å². The molecule has 1 saturated heterocycles. The van der Waals surface area contributed by atoms with Crippen LogP contribution in [-0.2, 0) is 9.47 Å². The van der Waals surface area contributed by atoms with Gasteiger partial charge in [-0.3, -0.25) is 0 Å². The van der Waals surface area contributed by atoms with Crippen LogP contribution in [0.5, 0.6) is 0 Å². The molecule has 0 spiro atoms. The first-order valence-corrected chi connectivity index (χ1v) is 10.5. The normalized spacial score (nSPS) is 54.5. The van der Waals surface area contributed by atoms with Gasteiger partial charge in [-0.15, -0.1) is 0 Å². The minimum atomic E-state index is -1.57. The summed E-state index contributed by atoms with van der Waals surface area (Å²) in [5.41, 5.74) is -3.00. The third-order valence-electron chi connectivity index (χ3n) is 7.79. The highest BCUT2D eigenvalue weighted by molar-refractivity contribution is 5.21. The summed E-state index contributed by atoms with van der Waals surface area (Å²) >= 11 is 0. The molecule has 9 heteroatoms. The van der Waals surface area contributed by atoms with Gasteiger partial charge in [-0.25, -0.2) is 0 Å². The summed E-state index contributed by atoms with van der Waals surface area (Å²) in [6.45, 7) is 8.45. The fourth-order valence-electron chi connectivity index (χ4n) is 5.62. The fourth-order valence-corrected chi connectivity index (χ4v) is 5.62. The minimum Gasteiger partial charge on any atom is -0.394 e. The Bertz CT molecular complexity index is 652. The van der Waals surface area contributed by atoms with Gasteiger partial charge in [0.15, 0.2) is 6.29 Å². The summed E-state index contributed by atoms with van der Waals surface area (Å²) in [7, 11) is 0. The van der Waals surface area contributed by atoms with Gasteiger partial charge >= 0.3 is 0 Å². The van der Waals surface area contributed by atoms with E-state index in [2.05, 4.69) is 6.58 Å². The van der Waals surface area contributed by atoms with E-state index in [0.717, 1.165) is 0 Å². The predicted molar refractivity (Wildman–Crippen MR) is 105 cm³/mol. The molecule has 2 aliphatic carbocycles. The minimum absolute atomic E-state index is 0.0988. The molecule has 0 unspecified atom stereocenters. The molecule has 0 bridgehead atoms. The van der Waals surface area contributed by atoms with E-state index >= 15 is 0 Å². The van der Waals surface area contributed by atoms with Gasteiger partial charge in [0.2, 0.25) is 0 Å². The highest BCUT2D eigenvalue weighted by Crippen LogP contribution is 2.58. The van der Waals surface area contributed by atoms with Crippen LogP contribution in [0.2, 0.25) is 0 Å². The lowest BCUT2D eigenvalue weighted by atomic mass is 9.50. The Morgan fingerprint density at radius 2 is 1.70 bits per heavy atom. The summed E-state index contributed by atoms with van der Waals surface area (Å²) < 4.78 is 11.3. The molecule has 11 atom stereocenters. The number of aliphatic hydroxyl groups is 7. The third-order valence-corrected chi connectivity index (χ3v) is 7.79. The van der Waals surface area contributed by atoms with Crippen molar-refractivity contribution in [3.8, 4) is 0 Å². The highest BCUT2D eigenvalue weighted by atomic mass is 16.7. The molecule has 174 valence electrons. The van der Waals surface area contributed by atoms with E-state index in [1.54, 1.807) is 13.8 Å². The lowest BCUT2D eigenvalue weighted by Crippen LogP contribution is -2.66. The quantitative estimate of drug-likeness (QED) is 0.214. The van der Waals surface area contributed by atoms with Gasteiger partial charge in [-0.2, -0.15) is 0 Å². The van der Waals surface area contributed by atoms with Crippen molar-refractivity contribution in [2.75, 3.05) is 6.61 Å². The molecule has 3 rings (SSSR count). The molecule has 1 heterocycles. The summed E-state index contributed by atoms with van der Waals surface area (Å²) in [4.78, 5) is 0. The zero-order valence-corrected chi connectivity index (χ0v) is 17.8. The largest absolute Gasteiger partial charge is 0.394 e. The van der Waals surface area contributed by atoms with E-state index in [0.29, 0.717) is 24.8 Å². The topological polar surface area (TPSA) is 160 Å². The van der Waals surface area contributed by atoms with Crippen LogP contribution in [0.25, 0.3) is 0 Å². The maximum absolute atomic E-state index is 11.5. The van der Waals surface area contributed by atoms with E-state index in [9.17, 15) is 35.7 Å². The van der Waals surface area contributed by atoms with Crippen LogP contribution in [-0.4, -0.2) is 96.5 Å². The number of aliphatic hydroxyl groups excluding tert-OH is 5. The lowest BCUT2D eigenvalue weighted by Gasteiger charge is -2.60. The molecule has 7 N–H and O–H groups in total. The molecule has 0 aromatic carbocycles. The highest BCUT2D eigenvalue weighted by Gasteiger charge is 2.61. The molecule has 0 amide bonds. The number of hydrogen-bond acceptors (Lipinski definition) is 9. The molecular formula is C21H36O9. The van der Waals surface area contributed by atoms with E-state index in [1.165, 1.54) is 0 Å². The predicted octanol–water partition coefficient (Wildman–Crippen LogP) is -1.20. The van der Waals surface area contributed by atoms with Crippen LogP contribution in [0.15, 0.2) is 12.2 Å². The molecule has 9 nitrogen and oxygen atoms in total. The zero-order chi connectivity index (χ0) is 22.6. The molecular weight excluding hydrogens is 396 g/mol. The molecule has 0 aromatic rings. The Morgan fingerprint density at radius 1 is 1.07 bits per heavy atom. The van der Waals surface area contributed by atoms with Crippen molar-refractivity contribution in [1.29, 1.82) is 0 Å². The fraction of sp³-hybridized carbons (Fsp3) is 0.905. The number of fused-ring (bicyclic) bond motifs is 1. The van der Waals surface area contributed by atoms with Crippen LogP contribution in [0.4, 0.5) is 0 Å². The van der Waals surface area contributed by atoms with Gasteiger partial charge in [-0.1, -0.05) is 13.5 Å². The molecule has 3 fully saturated rings. The maximum atomic E-state index is 11.5. The smallest absolute Gasteiger partial charge is 0.187 e. The molecule has 30 heavy (non-hydrogen) atoms. The van der Waals surface area contributed by atoms with Crippen molar-refractivity contribution < 1.29 is 45.2 Å².